The summed E-state index contributed by atoms with van der Waals surface area (Å²) in [5, 5.41) is 2.83. The molecule has 0 bridgehead atoms. The molecule has 136 valence electrons. The molecule has 1 atom stereocenters. The van der Waals surface area contributed by atoms with E-state index in [-0.39, 0.29) is 31.0 Å². The molecule has 3 N–H and O–H groups in total. The van der Waals surface area contributed by atoms with Crippen LogP contribution in [0.5, 0.6) is 5.75 Å². The number of amides is 1. The zero-order valence-electron chi connectivity index (χ0n) is 15.0. The summed E-state index contributed by atoms with van der Waals surface area (Å²) in [6, 6.07) is 15.6. The number of nitrogens with two attached hydrogens (primary N) is 1. The second-order valence-electron chi connectivity index (χ2n) is 6.31. The van der Waals surface area contributed by atoms with Gasteiger partial charge in [0.1, 0.15) is 5.75 Å². The summed E-state index contributed by atoms with van der Waals surface area (Å²) >= 11 is 0. The number of halogens is 1. The lowest BCUT2D eigenvalue weighted by Gasteiger charge is -2.16. The van der Waals surface area contributed by atoms with Gasteiger partial charge in [-0.2, -0.15) is 0 Å². The smallest absolute Gasteiger partial charge is 0.258 e. The molecule has 1 unspecified atom stereocenters. The lowest BCUT2D eigenvalue weighted by Crippen LogP contribution is -2.35. The van der Waals surface area contributed by atoms with Gasteiger partial charge in [0, 0.05) is 12.6 Å². The number of nitrogens with one attached hydrogen (secondary N) is 1. The third-order valence-electron chi connectivity index (χ3n) is 3.90. The van der Waals surface area contributed by atoms with Gasteiger partial charge in [-0.3, -0.25) is 4.79 Å². The van der Waals surface area contributed by atoms with Crippen molar-refractivity contribution in [2.24, 2.45) is 5.73 Å². The molecule has 2 aromatic rings. The Labute approximate surface area is 156 Å². The SMILES string of the molecule is Cc1ccc(C(C)C)c(OCC(=O)NCC(N)c2ccccc2)c1.Cl. The summed E-state index contributed by atoms with van der Waals surface area (Å²) in [4.78, 5) is 12.0. The Bertz CT molecular complexity index is 675. The molecule has 1 amide bonds. The van der Waals surface area contributed by atoms with Crippen molar-refractivity contribution in [2.45, 2.75) is 32.7 Å². The molecule has 0 saturated carbocycles. The summed E-state index contributed by atoms with van der Waals surface area (Å²) in [5.74, 6) is 0.945. The Morgan fingerprint density at radius 3 is 2.48 bits per heavy atom. The molecule has 0 aromatic heterocycles. The highest BCUT2D eigenvalue weighted by atomic mass is 35.5. The molecule has 0 fully saturated rings. The molecule has 0 spiro atoms. The van der Waals surface area contributed by atoms with Crippen molar-refractivity contribution in [3.05, 3.63) is 65.2 Å². The Kier molecular flexibility index (Phi) is 8.46. The van der Waals surface area contributed by atoms with Crippen LogP contribution in [0, 0.1) is 6.92 Å². The third kappa shape index (κ3) is 6.40. The Balaban J connectivity index is 0.00000312. The molecule has 25 heavy (non-hydrogen) atoms. The van der Waals surface area contributed by atoms with Gasteiger partial charge in [-0.1, -0.05) is 56.3 Å². The van der Waals surface area contributed by atoms with Crippen LogP contribution in [0.3, 0.4) is 0 Å². The molecule has 5 heteroatoms. The highest BCUT2D eigenvalue weighted by molar-refractivity contribution is 5.85. The highest BCUT2D eigenvalue weighted by Crippen LogP contribution is 2.27. The fraction of sp³-hybridized carbons (Fsp3) is 0.350. The molecule has 0 aliphatic heterocycles. The van der Waals surface area contributed by atoms with Gasteiger partial charge in [0.25, 0.3) is 5.91 Å². The van der Waals surface area contributed by atoms with Gasteiger partial charge < -0.3 is 15.8 Å². The maximum Gasteiger partial charge on any atom is 0.258 e. The summed E-state index contributed by atoms with van der Waals surface area (Å²) in [7, 11) is 0. The van der Waals surface area contributed by atoms with Gasteiger partial charge in [-0.05, 0) is 35.6 Å². The zero-order valence-corrected chi connectivity index (χ0v) is 15.8. The first-order valence-electron chi connectivity index (χ1n) is 8.28. The molecule has 0 radical (unpaired) electrons. The number of benzene rings is 2. The molecule has 2 aromatic carbocycles. The zero-order chi connectivity index (χ0) is 17.5. The molecule has 0 heterocycles. The van der Waals surface area contributed by atoms with Crippen LogP contribution in [-0.4, -0.2) is 19.1 Å². The average Bonchev–Trinajstić information content (AvgIpc) is 2.58. The first kappa shape index (κ1) is 21.0. The fourth-order valence-electron chi connectivity index (χ4n) is 2.48. The Hall–Kier alpha value is -2.04. The maximum atomic E-state index is 12.0. The summed E-state index contributed by atoms with van der Waals surface area (Å²) in [6.07, 6.45) is 0. The van der Waals surface area contributed by atoms with Crippen molar-refractivity contribution in [3.63, 3.8) is 0 Å². The van der Waals surface area contributed by atoms with Crippen LogP contribution in [0.25, 0.3) is 0 Å². The standard InChI is InChI=1S/C20H26N2O2.ClH/c1-14(2)17-10-9-15(3)11-19(17)24-13-20(23)22-12-18(21)16-7-5-4-6-8-16;/h4-11,14,18H,12-13,21H2,1-3H3,(H,22,23);1H. The van der Waals surface area contributed by atoms with E-state index in [0.717, 1.165) is 22.4 Å². The quantitative estimate of drug-likeness (QED) is 0.788. The van der Waals surface area contributed by atoms with Crippen molar-refractivity contribution in [1.82, 2.24) is 5.32 Å². The molecular weight excluding hydrogens is 336 g/mol. The maximum absolute atomic E-state index is 12.0. The van der Waals surface area contributed by atoms with Crippen molar-refractivity contribution in [3.8, 4) is 5.75 Å². The molecule has 0 aliphatic rings. The first-order chi connectivity index (χ1) is 11.5. The van der Waals surface area contributed by atoms with E-state index >= 15 is 0 Å². The number of ether oxygens (including phenoxy) is 1. The average molecular weight is 363 g/mol. The summed E-state index contributed by atoms with van der Waals surface area (Å²) in [6.45, 7) is 6.60. The van der Waals surface area contributed by atoms with Crippen molar-refractivity contribution < 1.29 is 9.53 Å². The monoisotopic (exact) mass is 362 g/mol. The second kappa shape index (κ2) is 10.1. The predicted molar refractivity (Wildman–Crippen MR) is 104 cm³/mol. The molecular formula is C20H27ClN2O2. The number of aryl methyl sites for hydroxylation is 1. The molecule has 4 nitrogen and oxygen atoms in total. The number of hydrogen-bond acceptors (Lipinski definition) is 3. The van der Waals surface area contributed by atoms with E-state index in [2.05, 4.69) is 31.3 Å². The van der Waals surface area contributed by atoms with E-state index in [1.807, 2.05) is 43.3 Å². The van der Waals surface area contributed by atoms with E-state index in [0.29, 0.717) is 12.5 Å². The largest absolute Gasteiger partial charge is 0.483 e. The van der Waals surface area contributed by atoms with E-state index in [4.69, 9.17) is 10.5 Å². The lowest BCUT2D eigenvalue weighted by atomic mass is 10.0. The van der Waals surface area contributed by atoms with Crippen LogP contribution in [0.1, 0.15) is 42.5 Å². The minimum Gasteiger partial charge on any atom is -0.483 e. The van der Waals surface area contributed by atoms with Gasteiger partial charge in [0.15, 0.2) is 6.61 Å². The number of carbonyl (C=O) groups excluding carboxylic acids is 1. The minimum absolute atomic E-state index is 0. The van der Waals surface area contributed by atoms with Crippen LogP contribution in [-0.2, 0) is 4.79 Å². The van der Waals surface area contributed by atoms with Crippen molar-refractivity contribution >= 4 is 18.3 Å². The number of rotatable bonds is 7. The van der Waals surface area contributed by atoms with Gasteiger partial charge >= 0.3 is 0 Å². The molecule has 0 saturated heterocycles. The predicted octanol–water partition coefficient (Wildman–Crippen LogP) is 3.74. The van der Waals surface area contributed by atoms with Crippen LogP contribution < -0.4 is 15.8 Å². The number of carbonyl (C=O) groups is 1. The van der Waals surface area contributed by atoms with Crippen molar-refractivity contribution in [1.29, 1.82) is 0 Å². The lowest BCUT2D eigenvalue weighted by molar-refractivity contribution is -0.123. The summed E-state index contributed by atoms with van der Waals surface area (Å²) < 4.78 is 5.73. The summed E-state index contributed by atoms with van der Waals surface area (Å²) in [5.41, 5.74) is 9.30. The molecule has 0 aliphatic carbocycles. The van der Waals surface area contributed by atoms with Crippen LogP contribution in [0.15, 0.2) is 48.5 Å². The van der Waals surface area contributed by atoms with E-state index < -0.39 is 0 Å². The van der Waals surface area contributed by atoms with Gasteiger partial charge in [0.05, 0.1) is 0 Å². The normalized spacial score (nSPS) is 11.6. The topological polar surface area (TPSA) is 64.3 Å². The minimum atomic E-state index is -0.222. The van der Waals surface area contributed by atoms with Crippen LogP contribution in [0.2, 0.25) is 0 Å². The fourth-order valence-corrected chi connectivity index (χ4v) is 2.48. The van der Waals surface area contributed by atoms with E-state index in [9.17, 15) is 4.79 Å². The van der Waals surface area contributed by atoms with E-state index in [1.54, 1.807) is 0 Å². The van der Waals surface area contributed by atoms with Crippen molar-refractivity contribution in [2.75, 3.05) is 13.2 Å². The van der Waals surface area contributed by atoms with Gasteiger partial charge in [-0.25, -0.2) is 0 Å². The Morgan fingerprint density at radius 2 is 1.84 bits per heavy atom. The Morgan fingerprint density at radius 1 is 1.16 bits per heavy atom. The first-order valence-corrected chi connectivity index (χ1v) is 8.28. The van der Waals surface area contributed by atoms with Crippen LogP contribution >= 0.6 is 12.4 Å². The third-order valence-corrected chi connectivity index (χ3v) is 3.90. The van der Waals surface area contributed by atoms with Gasteiger partial charge in [-0.15, -0.1) is 12.4 Å². The van der Waals surface area contributed by atoms with E-state index in [1.165, 1.54) is 0 Å². The highest BCUT2D eigenvalue weighted by Gasteiger charge is 2.11. The van der Waals surface area contributed by atoms with Crippen LogP contribution in [0.4, 0.5) is 0 Å². The molecule has 2 rings (SSSR count). The second-order valence-corrected chi connectivity index (χ2v) is 6.31. The number of hydrogen-bond donors (Lipinski definition) is 2. The van der Waals surface area contributed by atoms with Gasteiger partial charge in [0.2, 0.25) is 0 Å².